The zero-order chi connectivity index (χ0) is 7.35. The third-order valence-electron chi connectivity index (χ3n) is 2.30. The summed E-state index contributed by atoms with van der Waals surface area (Å²) in [7, 11) is 0. The average molecular weight is 179 g/mol. The maximum absolute atomic E-state index is 9.13. The minimum Gasteiger partial charge on any atom is -0.389 e. The molecular weight excluding hydrogens is 171 g/mol. The van der Waals surface area contributed by atoms with E-state index in [1.165, 1.54) is 0 Å². The lowest BCUT2D eigenvalue weighted by molar-refractivity contribution is 0.198. The molecule has 0 heterocycles. The van der Waals surface area contributed by atoms with Crippen molar-refractivity contribution in [3.8, 4) is 0 Å². The fourth-order valence-corrected chi connectivity index (χ4v) is 2.34. The molecule has 0 spiro atoms. The Morgan fingerprint density at radius 1 is 1.40 bits per heavy atom. The highest BCUT2D eigenvalue weighted by Gasteiger charge is 2.62. The SMILES string of the molecule is OC1C=CC2C(C1)C2(Cl)Cl. The summed E-state index contributed by atoms with van der Waals surface area (Å²) in [5.74, 6) is 0.579. The molecule has 0 aromatic carbocycles. The minimum atomic E-state index is -0.575. The van der Waals surface area contributed by atoms with Crippen molar-refractivity contribution < 1.29 is 5.11 Å². The van der Waals surface area contributed by atoms with E-state index in [-0.39, 0.29) is 12.0 Å². The number of hydrogen-bond acceptors (Lipinski definition) is 1. The molecule has 2 aliphatic carbocycles. The first-order valence-corrected chi connectivity index (χ1v) is 4.12. The van der Waals surface area contributed by atoms with Gasteiger partial charge in [-0.05, 0) is 6.42 Å². The summed E-state index contributed by atoms with van der Waals surface area (Å²) in [6.07, 6.45) is 4.07. The van der Waals surface area contributed by atoms with Crippen molar-refractivity contribution in [2.24, 2.45) is 11.8 Å². The van der Waals surface area contributed by atoms with Crippen LogP contribution in [0.25, 0.3) is 0 Å². The standard InChI is InChI=1S/C7H8Cl2O/c8-7(9)5-2-1-4(10)3-6(5)7/h1-2,4-6,10H,3H2. The van der Waals surface area contributed by atoms with E-state index in [1.54, 1.807) is 6.08 Å². The number of rotatable bonds is 0. The van der Waals surface area contributed by atoms with Gasteiger partial charge in [-0.15, -0.1) is 23.2 Å². The molecule has 10 heavy (non-hydrogen) atoms. The van der Waals surface area contributed by atoms with Gasteiger partial charge in [0.2, 0.25) is 0 Å². The summed E-state index contributed by atoms with van der Waals surface area (Å²) >= 11 is 11.8. The van der Waals surface area contributed by atoms with Crippen LogP contribution in [0.4, 0.5) is 0 Å². The summed E-state index contributed by atoms with van der Waals surface area (Å²) < 4.78 is -0.575. The van der Waals surface area contributed by atoms with Gasteiger partial charge in [-0.1, -0.05) is 12.2 Å². The second-order valence-electron chi connectivity index (χ2n) is 2.99. The normalized spacial score (nSPS) is 48.5. The topological polar surface area (TPSA) is 20.2 Å². The van der Waals surface area contributed by atoms with Crippen LogP contribution in [-0.2, 0) is 0 Å². The lowest BCUT2D eigenvalue weighted by atomic mass is 10.1. The van der Waals surface area contributed by atoms with Gasteiger partial charge < -0.3 is 5.11 Å². The number of aliphatic hydroxyl groups is 1. The Morgan fingerprint density at radius 2 is 2.10 bits per heavy atom. The lowest BCUT2D eigenvalue weighted by Crippen LogP contribution is -2.07. The van der Waals surface area contributed by atoms with Gasteiger partial charge in [-0.3, -0.25) is 0 Å². The van der Waals surface area contributed by atoms with Crippen molar-refractivity contribution in [3.05, 3.63) is 12.2 Å². The Morgan fingerprint density at radius 3 is 2.60 bits per heavy atom. The summed E-state index contributed by atoms with van der Waals surface area (Å²) in [6, 6.07) is 0. The molecule has 2 rings (SSSR count). The van der Waals surface area contributed by atoms with Crippen molar-refractivity contribution in [2.75, 3.05) is 0 Å². The van der Waals surface area contributed by atoms with E-state index in [0.717, 1.165) is 0 Å². The predicted octanol–water partition coefficient (Wildman–Crippen LogP) is 1.73. The second-order valence-corrected chi connectivity index (χ2v) is 4.44. The van der Waals surface area contributed by atoms with Crippen LogP contribution >= 0.6 is 23.2 Å². The van der Waals surface area contributed by atoms with E-state index >= 15 is 0 Å². The van der Waals surface area contributed by atoms with Gasteiger partial charge in [0.05, 0.1) is 6.10 Å². The molecule has 3 atom stereocenters. The zero-order valence-corrected chi connectivity index (χ0v) is 6.81. The third kappa shape index (κ3) is 0.810. The molecule has 0 bridgehead atoms. The number of fused-ring (bicyclic) bond motifs is 1. The summed E-state index contributed by atoms with van der Waals surface area (Å²) in [5.41, 5.74) is 0. The van der Waals surface area contributed by atoms with Crippen molar-refractivity contribution in [2.45, 2.75) is 16.9 Å². The first kappa shape index (κ1) is 6.96. The molecule has 0 saturated heterocycles. The van der Waals surface area contributed by atoms with E-state index in [2.05, 4.69) is 0 Å². The van der Waals surface area contributed by atoms with Crippen LogP contribution in [-0.4, -0.2) is 15.5 Å². The minimum absolute atomic E-state index is 0.288. The van der Waals surface area contributed by atoms with Crippen LogP contribution in [0.3, 0.4) is 0 Å². The van der Waals surface area contributed by atoms with E-state index in [0.29, 0.717) is 12.3 Å². The molecule has 1 saturated carbocycles. The third-order valence-corrected chi connectivity index (χ3v) is 3.36. The molecule has 1 N–H and O–H groups in total. The van der Waals surface area contributed by atoms with Crippen LogP contribution < -0.4 is 0 Å². The number of alkyl halides is 2. The largest absolute Gasteiger partial charge is 0.389 e. The molecule has 0 aliphatic heterocycles. The van der Waals surface area contributed by atoms with Crippen LogP contribution in [0, 0.1) is 11.8 Å². The maximum atomic E-state index is 9.13. The van der Waals surface area contributed by atoms with Gasteiger partial charge in [-0.2, -0.15) is 0 Å². The van der Waals surface area contributed by atoms with E-state index in [1.807, 2.05) is 6.08 Å². The van der Waals surface area contributed by atoms with Gasteiger partial charge in [0.1, 0.15) is 4.33 Å². The molecule has 1 nitrogen and oxygen atoms in total. The highest BCUT2D eigenvalue weighted by atomic mass is 35.5. The highest BCUT2D eigenvalue weighted by Crippen LogP contribution is 2.63. The van der Waals surface area contributed by atoms with E-state index in [4.69, 9.17) is 28.3 Å². The average Bonchev–Trinajstić information content (AvgIpc) is 2.36. The van der Waals surface area contributed by atoms with Crippen LogP contribution in [0.15, 0.2) is 12.2 Å². The first-order chi connectivity index (χ1) is 4.62. The fraction of sp³-hybridized carbons (Fsp3) is 0.714. The maximum Gasteiger partial charge on any atom is 0.128 e. The summed E-state index contributed by atoms with van der Waals surface area (Å²) in [4.78, 5) is 0. The van der Waals surface area contributed by atoms with Crippen LogP contribution in [0.1, 0.15) is 6.42 Å². The fourth-order valence-electron chi connectivity index (χ4n) is 1.57. The molecule has 1 fully saturated rings. The van der Waals surface area contributed by atoms with Crippen molar-refractivity contribution in [1.82, 2.24) is 0 Å². The molecule has 0 aromatic rings. The van der Waals surface area contributed by atoms with E-state index in [9.17, 15) is 0 Å². The Bertz CT molecular complexity index is 188. The lowest BCUT2D eigenvalue weighted by Gasteiger charge is -2.06. The summed E-state index contributed by atoms with van der Waals surface area (Å²) in [5, 5.41) is 9.13. The Balaban J connectivity index is 2.16. The van der Waals surface area contributed by atoms with Crippen LogP contribution in [0.5, 0.6) is 0 Å². The Hall–Kier alpha value is 0.280. The summed E-state index contributed by atoms with van der Waals surface area (Å²) in [6.45, 7) is 0. The zero-order valence-electron chi connectivity index (χ0n) is 5.30. The molecule has 3 heteroatoms. The second kappa shape index (κ2) is 1.90. The van der Waals surface area contributed by atoms with Crippen LogP contribution in [0.2, 0.25) is 0 Å². The van der Waals surface area contributed by atoms with Crippen molar-refractivity contribution in [3.63, 3.8) is 0 Å². The number of halogens is 2. The van der Waals surface area contributed by atoms with Gasteiger partial charge in [-0.25, -0.2) is 0 Å². The number of allylic oxidation sites excluding steroid dienone is 1. The molecule has 56 valence electrons. The molecule has 3 unspecified atom stereocenters. The highest BCUT2D eigenvalue weighted by molar-refractivity contribution is 6.51. The molecule has 0 radical (unpaired) electrons. The monoisotopic (exact) mass is 178 g/mol. The molecule has 0 aromatic heterocycles. The number of aliphatic hydroxyl groups excluding tert-OH is 1. The quantitative estimate of drug-likeness (QED) is 0.443. The smallest absolute Gasteiger partial charge is 0.128 e. The predicted molar refractivity (Wildman–Crippen MR) is 41.2 cm³/mol. The van der Waals surface area contributed by atoms with Gasteiger partial charge in [0.15, 0.2) is 0 Å². The van der Waals surface area contributed by atoms with Gasteiger partial charge in [0.25, 0.3) is 0 Å². The first-order valence-electron chi connectivity index (χ1n) is 3.36. The molecule has 2 aliphatic rings. The van der Waals surface area contributed by atoms with Gasteiger partial charge >= 0.3 is 0 Å². The Kier molecular flexibility index (Phi) is 1.32. The Labute approximate surface area is 69.6 Å². The molecule has 0 amide bonds. The molecular formula is C7H8Cl2O. The van der Waals surface area contributed by atoms with E-state index < -0.39 is 4.33 Å². The number of hydrogen-bond donors (Lipinski definition) is 1. The van der Waals surface area contributed by atoms with Crippen molar-refractivity contribution in [1.29, 1.82) is 0 Å². The van der Waals surface area contributed by atoms with Crippen molar-refractivity contribution >= 4 is 23.2 Å². The van der Waals surface area contributed by atoms with Gasteiger partial charge in [0, 0.05) is 11.8 Å².